The van der Waals surface area contributed by atoms with Crippen LogP contribution in [0.1, 0.15) is 34.3 Å². The van der Waals surface area contributed by atoms with E-state index in [-0.39, 0.29) is 17.8 Å². The number of carbonyl (C=O) groups excluding carboxylic acids is 1. The number of halogens is 2. The van der Waals surface area contributed by atoms with E-state index in [4.69, 9.17) is 4.74 Å². The second-order valence-corrected chi connectivity index (χ2v) is 12.1. The van der Waals surface area contributed by atoms with Gasteiger partial charge in [0, 0.05) is 62.2 Å². The van der Waals surface area contributed by atoms with Crippen LogP contribution in [0.4, 0.5) is 26.0 Å². The number of phenolic OH excluding ortho intramolecular Hbond substituents is 1. The Balaban J connectivity index is 1.23. The molecule has 0 atom stereocenters. The number of aromatic nitrogens is 2. The Morgan fingerprint density at radius 3 is 2.62 bits per heavy atom. The summed E-state index contributed by atoms with van der Waals surface area (Å²) in [7, 11) is 0. The van der Waals surface area contributed by atoms with E-state index in [2.05, 4.69) is 37.1 Å². The first-order valence-corrected chi connectivity index (χ1v) is 15.9. The van der Waals surface area contributed by atoms with Crippen LogP contribution in [0.3, 0.4) is 0 Å². The molecule has 47 heavy (non-hydrogen) atoms. The fourth-order valence-electron chi connectivity index (χ4n) is 6.37. The van der Waals surface area contributed by atoms with Gasteiger partial charge in [-0.25, -0.2) is 8.78 Å². The summed E-state index contributed by atoms with van der Waals surface area (Å²) in [6, 6.07) is 20.3. The number of benzene rings is 4. The van der Waals surface area contributed by atoms with E-state index in [9.17, 15) is 18.7 Å². The predicted octanol–water partition coefficient (Wildman–Crippen LogP) is 6.06. The lowest BCUT2D eigenvalue weighted by atomic mass is 9.93. The third-order valence-electron chi connectivity index (χ3n) is 8.87. The molecule has 1 aromatic heterocycles. The van der Waals surface area contributed by atoms with Crippen LogP contribution in [0.15, 0.2) is 72.8 Å². The molecule has 11 heteroatoms. The zero-order valence-corrected chi connectivity index (χ0v) is 25.8. The summed E-state index contributed by atoms with van der Waals surface area (Å²) in [5.74, 6) is -1.51. The number of aromatic amines is 1. The molecule has 7 rings (SSSR count). The number of ether oxygens (including phenoxy) is 1. The number of anilines is 3. The molecule has 0 spiro atoms. The highest BCUT2D eigenvalue weighted by molar-refractivity contribution is 6.11. The van der Waals surface area contributed by atoms with E-state index in [0.29, 0.717) is 53.0 Å². The molecule has 0 saturated carbocycles. The maximum atomic E-state index is 14.4. The fourth-order valence-corrected chi connectivity index (χ4v) is 6.37. The van der Waals surface area contributed by atoms with E-state index in [1.165, 1.54) is 24.3 Å². The third-order valence-corrected chi connectivity index (χ3v) is 8.87. The second kappa shape index (κ2) is 13.4. The van der Waals surface area contributed by atoms with Crippen molar-refractivity contribution in [2.75, 3.05) is 54.9 Å². The molecule has 2 saturated heterocycles. The minimum atomic E-state index is -0.745. The van der Waals surface area contributed by atoms with Crippen LogP contribution in [-0.2, 0) is 11.2 Å². The average molecular weight is 639 g/mol. The maximum Gasteiger partial charge on any atom is 0.258 e. The van der Waals surface area contributed by atoms with E-state index in [1.54, 1.807) is 12.1 Å². The summed E-state index contributed by atoms with van der Waals surface area (Å²) >= 11 is 0. The molecular formula is C36H36F2N6O3. The van der Waals surface area contributed by atoms with Crippen molar-refractivity contribution in [3.8, 4) is 16.9 Å². The van der Waals surface area contributed by atoms with Gasteiger partial charge >= 0.3 is 0 Å². The van der Waals surface area contributed by atoms with Crippen LogP contribution in [0.5, 0.6) is 5.75 Å². The van der Waals surface area contributed by atoms with Crippen molar-refractivity contribution >= 4 is 34.0 Å². The van der Waals surface area contributed by atoms with Crippen LogP contribution >= 0.6 is 0 Å². The van der Waals surface area contributed by atoms with Crippen molar-refractivity contribution < 1.29 is 23.4 Å². The Bertz CT molecular complexity index is 1920. The molecule has 3 heterocycles. The number of aromatic hydroxyl groups is 1. The smallest absolute Gasteiger partial charge is 0.258 e. The molecule has 4 aromatic carbocycles. The van der Waals surface area contributed by atoms with Crippen molar-refractivity contribution in [2.24, 2.45) is 0 Å². The Hall–Kier alpha value is -5.00. The van der Waals surface area contributed by atoms with Crippen LogP contribution in [0.2, 0.25) is 0 Å². The molecule has 1 amide bonds. The molecule has 242 valence electrons. The molecule has 2 aliphatic heterocycles. The van der Waals surface area contributed by atoms with E-state index in [1.807, 2.05) is 30.3 Å². The monoisotopic (exact) mass is 638 g/mol. The van der Waals surface area contributed by atoms with Crippen molar-refractivity contribution in [1.29, 1.82) is 0 Å². The molecule has 0 bridgehead atoms. The summed E-state index contributed by atoms with van der Waals surface area (Å²) in [5.41, 5.74) is 5.68. The number of hydrogen-bond donors (Lipinski definition) is 5. The first-order valence-electron chi connectivity index (χ1n) is 15.9. The van der Waals surface area contributed by atoms with E-state index in [0.717, 1.165) is 61.5 Å². The molecule has 5 aromatic rings. The highest BCUT2D eigenvalue weighted by atomic mass is 19.1. The van der Waals surface area contributed by atoms with Crippen LogP contribution < -0.4 is 20.9 Å². The summed E-state index contributed by atoms with van der Waals surface area (Å²) in [6.45, 7) is 4.93. The van der Waals surface area contributed by atoms with E-state index >= 15 is 0 Å². The minimum absolute atomic E-state index is 0.188. The molecular weight excluding hydrogens is 602 g/mol. The standard InChI is InChI=1S/C36H36F2N6O3/c37-25-3-1-2-22(17-25)16-24-18-30-33(21-29(24)23-4-7-34(45)31(38)19-23)42-43-35(30)41-36(46)28-6-5-27(44-12-10-39-11-13-44)20-32(28)40-26-8-14-47-15-9-26/h1-7,17-21,26,39-40,45H,8-16H2,(H2,41,42,43,46). The molecule has 0 unspecified atom stereocenters. The lowest BCUT2D eigenvalue weighted by Gasteiger charge is -2.31. The number of nitrogens with one attached hydrogen (secondary N) is 4. The zero-order chi connectivity index (χ0) is 32.3. The molecule has 0 aliphatic carbocycles. The number of amides is 1. The lowest BCUT2D eigenvalue weighted by molar-refractivity contribution is 0.0904. The molecule has 0 radical (unpaired) electrons. The summed E-state index contributed by atoms with van der Waals surface area (Å²) in [6.07, 6.45) is 2.05. The maximum absolute atomic E-state index is 14.4. The van der Waals surface area contributed by atoms with Gasteiger partial charge in [0.15, 0.2) is 17.4 Å². The molecule has 5 N–H and O–H groups in total. The van der Waals surface area contributed by atoms with Gasteiger partial charge in [0.25, 0.3) is 5.91 Å². The Labute approximate surface area is 270 Å². The summed E-state index contributed by atoms with van der Waals surface area (Å²) in [5, 5.41) is 27.9. The number of phenols is 1. The van der Waals surface area contributed by atoms with Gasteiger partial charge in [-0.1, -0.05) is 18.2 Å². The highest BCUT2D eigenvalue weighted by Gasteiger charge is 2.22. The number of hydrogen-bond acceptors (Lipinski definition) is 7. The van der Waals surface area contributed by atoms with Gasteiger partial charge in [-0.15, -0.1) is 0 Å². The number of fused-ring (bicyclic) bond motifs is 1. The van der Waals surface area contributed by atoms with Gasteiger partial charge in [-0.05, 0) is 96.1 Å². The predicted molar refractivity (Wildman–Crippen MR) is 179 cm³/mol. The van der Waals surface area contributed by atoms with Crippen molar-refractivity contribution in [1.82, 2.24) is 15.5 Å². The quantitative estimate of drug-likeness (QED) is 0.141. The van der Waals surface area contributed by atoms with Gasteiger partial charge in [0.05, 0.1) is 11.1 Å². The fraction of sp³-hybridized carbons (Fsp3) is 0.278. The van der Waals surface area contributed by atoms with Gasteiger partial charge in [-0.2, -0.15) is 5.10 Å². The number of piperazine rings is 1. The molecule has 2 aliphatic rings. The molecule has 2 fully saturated rings. The van der Waals surface area contributed by atoms with Gasteiger partial charge in [-0.3, -0.25) is 9.89 Å². The normalized spacial score (nSPS) is 15.6. The lowest BCUT2D eigenvalue weighted by Crippen LogP contribution is -2.43. The van der Waals surface area contributed by atoms with E-state index < -0.39 is 11.6 Å². The van der Waals surface area contributed by atoms with Gasteiger partial charge in [0.2, 0.25) is 0 Å². The average Bonchev–Trinajstić information content (AvgIpc) is 3.47. The first kappa shape index (κ1) is 30.6. The van der Waals surface area contributed by atoms with Gasteiger partial charge in [0.1, 0.15) is 5.82 Å². The minimum Gasteiger partial charge on any atom is -0.505 e. The van der Waals surface area contributed by atoms with Gasteiger partial charge < -0.3 is 30.7 Å². The highest BCUT2D eigenvalue weighted by Crippen LogP contribution is 2.35. The van der Waals surface area contributed by atoms with Crippen molar-refractivity contribution in [3.63, 3.8) is 0 Å². The second-order valence-electron chi connectivity index (χ2n) is 12.1. The Morgan fingerprint density at radius 2 is 1.83 bits per heavy atom. The summed E-state index contributed by atoms with van der Waals surface area (Å²) in [4.78, 5) is 16.2. The number of nitrogens with zero attached hydrogens (tertiary/aromatic N) is 2. The number of rotatable bonds is 8. The third kappa shape index (κ3) is 6.77. The Kier molecular flexibility index (Phi) is 8.73. The SMILES string of the molecule is O=C(Nc1n[nH]c2cc(-c3ccc(O)c(F)c3)c(Cc3cccc(F)c3)cc12)c1ccc(N2CCNCC2)cc1NC1CCOCC1. The summed E-state index contributed by atoms with van der Waals surface area (Å²) < 4.78 is 34.1. The Morgan fingerprint density at radius 1 is 1.00 bits per heavy atom. The molecule has 9 nitrogen and oxygen atoms in total. The first-order chi connectivity index (χ1) is 22.9. The number of carbonyl (C=O) groups is 1. The van der Waals surface area contributed by atoms with Crippen LogP contribution in [0, 0.1) is 11.6 Å². The van der Waals surface area contributed by atoms with Crippen molar-refractivity contribution in [2.45, 2.75) is 25.3 Å². The van der Waals surface area contributed by atoms with Crippen molar-refractivity contribution in [3.05, 3.63) is 101 Å². The van der Waals surface area contributed by atoms with Crippen LogP contribution in [0.25, 0.3) is 22.0 Å². The largest absolute Gasteiger partial charge is 0.505 e. The van der Waals surface area contributed by atoms with Crippen LogP contribution in [-0.4, -0.2) is 66.6 Å². The number of H-pyrrole nitrogens is 1. The topological polar surface area (TPSA) is 115 Å². The zero-order valence-electron chi connectivity index (χ0n) is 25.8.